The van der Waals surface area contributed by atoms with Gasteiger partial charge in [-0.1, -0.05) is 12.1 Å². The minimum atomic E-state index is -0.489. The van der Waals surface area contributed by atoms with Crippen LogP contribution in [-0.2, 0) is 13.0 Å². The van der Waals surface area contributed by atoms with E-state index in [1.54, 1.807) is 0 Å². The number of thiophene rings is 1. The molecule has 0 fully saturated rings. The summed E-state index contributed by atoms with van der Waals surface area (Å²) < 4.78 is 0.957. The van der Waals surface area contributed by atoms with Crippen LogP contribution >= 0.6 is 22.7 Å². The fourth-order valence-corrected chi connectivity index (χ4v) is 5.32. The average Bonchev–Trinajstić information content (AvgIpc) is 3.15. The van der Waals surface area contributed by atoms with Gasteiger partial charge in [0.05, 0.1) is 34.2 Å². The first-order chi connectivity index (χ1) is 12.0. The number of quaternary nitrogens is 1. The lowest BCUT2D eigenvalue weighted by atomic mass is 10.0. The van der Waals surface area contributed by atoms with Gasteiger partial charge in [0, 0.05) is 6.42 Å². The zero-order valence-corrected chi connectivity index (χ0v) is 15.2. The molecule has 0 saturated carbocycles. The second-order valence-electron chi connectivity index (χ2n) is 6.15. The van der Waals surface area contributed by atoms with E-state index < -0.39 is 5.91 Å². The number of rotatable bonds is 3. The Morgan fingerprint density at radius 3 is 2.84 bits per heavy atom. The molecule has 1 aliphatic heterocycles. The summed E-state index contributed by atoms with van der Waals surface area (Å²) in [5.41, 5.74) is 7.83. The summed E-state index contributed by atoms with van der Waals surface area (Å²) >= 11 is 2.78. The van der Waals surface area contributed by atoms with Gasteiger partial charge in [0.15, 0.2) is 5.01 Å². The Balaban J connectivity index is 1.68. The maximum atomic E-state index is 12.6. The van der Waals surface area contributed by atoms with Crippen LogP contribution in [0.5, 0.6) is 0 Å². The highest BCUT2D eigenvalue weighted by atomic mass is 32.1. The van der Waals surface area contributed by atoms with Crippen molar-refractivity contribution in [1.29, 1.82) is 0 Å². The number of para-hydroxylation sites is 1. The van der Waals surface area contributed by atoms with Crippen LogP contribution in [0.15, 0.2) is 24.3 Å². The van der Waals surface area contributed by atoms with Crippen LogP contribution in [0.4, 0.5) is 5.00 Å². The quantitative estimate of drug-likeness (QED) is 0.646. The van der Waals surface area contributed by atoms with Gasteiger partial charge in [-0.15, -0.1) is 22.7 Å². The van der Waals surface area contributed by atoms with Gasteiger partial charge >= 0.3 is 0 Å². The van der Waals surface area contributed by atoms with Crippen LogP contribution in [0, 0.1) is 0 Å². The van der Waals surface area contributed by atoms with E-state index in [1.165, 1.54) is 27.6 Å². The number of nitrogens with two attached hydrogens (primary N) is 1. The number of likely N-dealkylation sites (N-methyl/N-ethyl adjacent to an activating group) is 1. The minimum Gasteiger partial charge on any atom is -0.365 e. The summed E-state index contributed by atoms with van der Waals surface area (Å²) in [5.74, 6) is -0.792. The molecule has 128 valence electrons. The van der Waals surface area contributed by atoms with Gasteiger partial charge in [-0.25, -0.2) is 4.98 Å². The third kappa shape index (κ3) is 2.92. The van der Waals surface area contributed by atoms with Crippen LogP contribution in [0.25, 0.3) is 10.2 Å². The molecule has 0 spiro atoms. The molecule has 1 aliphatic rings. The predicted molar refractivity (Wildman–Crippen MR) is 99.6 cm³/mol. The summed E-state index contributed by atoms with van der Waals surface area (Å²) in [5, 5.41) is 3.78. The number of hydrogen-bond donors (Lipinski definition) is 3. The maximum Gasteiger partial charge on any atom is 0.285 e. The normalized spacial score (nSPS) is 16.6. The van der Waals surface area contributed by atoms with E-state index in [4.69, 9.17) is 5.73 Å². The number of fused-ring (bicyclic) bond motifs is 2. The van der Waals surface area contributed by atoms with E-state index in [9.17, 15) is 9.59 Å². The molecule has 1 aromatic carbocycles. The van der Waals surface area contributed by atoms with Crippen molar-refractivity contribution in [3.05, 3.63) is 45.3 Å². The van der Waals surface area contributed by atoms with Gasteiger partial charge in [-0.05, 0) is 17.7 Å². The fraction of sp³-hybridized carbons (Fsp3) is 0.235. The molecule has 2 amide bonds. The van der Waals surface area contributed by atoms with Crippen molar-refractivity contribution in [3.63, 3.8) is 0 Å². The monoisotopic (exact) mass is 373 g/mol. The van der Waals surface area contributed by atoms with Crippen molar-refractivity contribution in [2.45, 2.75) is 13.0 Å². The Kier molecular flexibility index (Phi) is 4.03. The summed E-state index contributed by atoms with van der Waals surface area (Å²) in [4.78, 5) is 31.4. The molecular formula is C17H17N4O2S2+. The van der Waals surface area contributed by atoms with Crippen molar-refractivity contribution in [1.82, 2.24) is 4.98 Å². The van der Waals surface area contributed by atoms with Crippen molar-refractivity contribution < 1.29 is 14.5 Å². The fourth-order valence-electron chi connectivity index (χ4n) is 3.09. The first-order valence-corrected chi connectivity index (χ1v) is 9.59. The zero-order chi connectivity index (χ0) is 17.6. The average molecular weight is 373 g/mol. The molecule has 0 radical (unpaired) electrons. The molecule has 4 rings (SSSR count). The van der Waals surface area contributed by atoms with Crippen LogP contribution in [-0.4, -0.2) is 30.4 Å². The van der Waals surface area contributed by atoms with E-state index >= 15 is 0 Å². The second-order valence-corrected chi connectivity index (χ2v) is 8.28. The predicted octanol–water partition coefficient (Wildman–Crippen LogP) is 1.28. The summed E-state index contributed by atoms with van der Waals surface area (Å²) in [7, 11) is 2.12. The Bertz CT molecular complexity index is 959. The highest BCUT2D eigenvalue weighted by Gasteiger charge is 2.28. The van der Waals surface area contributed by atoms with Crippen molar-refractivity contribution >= 4 is 49.7 Å². The van der Waals surface area contributed by atoms with Gasteiger partial charge in [-0.3, -0.25) is 9.59 Å². The SMILES string of the molecule is C[NH+]1CCc2c(sc(NC(=O)c3nc4ccccc4s3)c2C(N)=O)C1. The molecule has 0 bridgehead atoms. The van der Waals surface area contributed by atoms with E-state index in [1.807, 2.05) is 24.3 Å². The number of thiazole rings is 1. The van der Waals surface area contributed by atoms with Crippen LogP contribution in [0.2, 0.25) is 0 Å². The number of primary amides is 1. The molecule has 1 atom stereocenters. The highest BCUT2D eigenvalue weighted by Crippen LogP contribution is 2.35. The molecule has 0 aliphatic carbocycles. The molecule has 3 heterocycles. The Labute approximate surface area is 152 Å². The maximum absolute atomic E-state index is 12.6. The number of amides is 2. The lowest BCUT2D eigenvalue weighted by Crippen LogP contribution is -3.08. The number of carbonyl (C=O) groups excluding carboxylic acids is 2. The molecule has 25 heavy (non-hydrogen) atoms. The molecule has 2 aromatic heterocycles. The number of nitrogens with zero attached hydrogens (tertiary/aromatic N) is 1. The van der Waals surface area contributed by atoms with Gasteiger partial charge in [0.25, 0.3) is 11.8 Å². The number of hydrogen-bond acceptors (Lipinski definition) is 5. The smallest absolute Gasteiger partial charge is 0.285 e. The topological polar surface area (TPSA) is 89.5 Å². The number of aromatic nitrogens is 1. The lowest BCUT2D eigenvalue weighted by Gasteiger charge is -2.19. The van der Waals surface area contributed by atoms with Crippen LogP contribution in [0.3, 0.4) is 0 Å². The van der Waals surface area contributed by atoms with E-state index in [0.29, 0.717) is 15.6 Å². The molecule has 6 nitrogen and oxygen atoms in total. The number of benzene rings is 1. The van der Waals surface area contributed by atoms with Crippen molar-refractivity contribution in [2.24, 2.45) is 5.73 Å². The molecule has 1 unspecified atom stereocenters. The van der Waals surface area contributed by atoms with Crippen molar-refractivity contribution in [2.75, 3.05) is 18.9 Å². The summed E-state index contributed by atoms with van der Waals surface area (Å²) in [6, 6.07) is 7.61. The van der Waals surface area contributed by atoms with E-state index in [2.05, 4.69) is 17.3 Å². The zero-order valence-electron chi connectivity index (χ0n) is 13.6. The molecule has 8 heteroatoms. The minimum absolute atomic E-state index is 0.303. The van der Waals surface area contributed by atoms with E-state index in [-0.39, 0.29) is 5.91 Å². The third-order valence-electron chi connectivity index (χ3n) is 4.32. The standard InChI is InChI=1S/C17H16N4O2S2/c1-21-7-6-9-12(8-21)25-16(13(9)14(18)22)20-15(23)17-19-10-4-2-3-5-11(10)24-17/h2-5H,6-8H2,1H3,(H2,18,22)(H,20,23)/p+1. The Morgan fingerprint density at radius 1 is 1.28 bits per heavy atom. The van der Waals surface area contributed by atoms with Crippen LogP contribution in [0.1, 0.15) is 30.6 Å². The van der Waals surface area contributed by atoms with Gasteiger partial charge < -0.3 is 16.0 Å². The number of carbonyl (C=O) groups is 2. The highest BCUT2D eigenvalue weighted by molar-refractivity contribution is 7.20. The molecular weight excluding hydrogens is 356 g/mol. The molecule has 3 aromatic rings. The first-order valence-electron chi connectivity index (χ1n) is 7.95. The number of nitrogens with one attached hydrogen (secondary N) is 2. The van der Waals surface area contributed by atoms with Gasteiger partial charge in [0.1, 0.15) is 11.5 Å². The Morgan fingerprint density at radius 2 is 2.08 bits per heavy atom. The van der Waals surface area contributed by atoms with Gasteiger partial charge in [-0.2, -0.15) is 0 Å². The van der Waals surface area contributed by atoms with Gasteiger partial charge in [0.2, 0.25) is 0 Å². The van der Waals surface area contributed by atoms with E-state index in [0.717, 1.165) is 40.2 Å². The first kappa shape index (κ1) is 16.2. The largest absolute Gasteiger partial charge is 0.365 e. The third-order valence-corrected chi connectivity index (χ3v) is 6.50. The second kappa shape index (κ2) is 6.21. The van der Waals surface area contributed by atoms with Crippen molar-refractivity contribution in [3.8, 4) is 0 Å². The molecule has 4 N–H and O–H groups in total. The summed E-state index contributed by atoms with van der Waals surface area (Å²) in [6.07, 6.45) is 0.799. The van der Waals surface area contributed by atoms with Crippen LogP contribution < -0.4 is 16.0 Å². The molecule has 0 saturated heterocycles. The summed E-state index contributed by atoms with van der Waals surface area (Å²) in [6.45, 7) is 1.80. The lowest BCUT2D eigenvalue weighted by molar-refractivity contribution is -0.895. The Hall–Kier alpha value is -2.29. The number of anilines is 1.